The highest BCUT2D eigenvalue weighted by molar-refractivity contribution is 6.88. The standard InChI is InChI=1S/C48H37NSi/c1-50(2,3)38-26-24-36(25-27-38)49(35-14-5-4-6-15-35)37-23-21-33-30-43-42-28-22-32-13-7-8-16-39(32)47(42)48(46(43)31-34(33)29-37)44-19-11-9-17-40(44)41-18-10-12-20-45(41)48/h4-31H,1-3H3. The lowest BCUT2D eigenvalue weighted by atomic mass is 9.69. The first-order valence-electron chi connectivity index (χ1n) is 17.7. The van der Waals surface area contributed by atoms with E-state index in [1.165, 1.54) is 76.9 Å². The second-order valence-electron chi connectivity index (χ2n) is 14.9. The zero-order chi connectivity index (χ0) is 33.6. The Balaban J connectivity index is 1.25. The quantitative estimate of drug-likeness (QED) is 0.171. The van der Waals surface area contributed by atoms with E-state index in [1.807, 2.05) is 0 Å². The van der Waals surface area contributed by atoms with Gasteiger partial charge in [-0.1, -0.05) is 146 Å². The molecule has 0 amide bonds. The van der Waals surface area contributed by atoms with Crippen molar-refractivity contribution in [1.29, 1.82) is 0 Å². The second-order valence-corrected chi connectivity index (χ2v) is 20.0. The van der Waals surface area contributed by atoms with Crippen molar-refractivity contribution in [3.8, 4) is 22.3 Å². The summed E-state index contributed by atoms with van der Waals surface area (Å²) in [5.74, 6) is 0. The first-order chi connectivity index (χ1) is 24.4. The van der Waals surface area contributed by atoms with E-state index < -0.39 is 13.5 Å². The van der Waals surface area contributed by atoms with Gasteiger partial charge in [0.1, 0.15) is 0 Å². The molecule has 50 heavy (non-hydrogen) atoms. The van der Waals surface area contributed by atoms with Crippen LogP contribution in [0.3, 0.4) is 0 Å². The van der Waals surface area contributed by atoms with E-state index in [9.17, 15) is 0 Å². The lowest BCUT2D eigenvalue weighted by Crippen LogP contribution is -2.37. The topological polar surface area (TPSA) is 3.24 Å². The Morgan fingerprint density at radius 2 is 1.00 bits per heavy atom. The Morgan fingerprint density at radius 3 is 1.72 bits per heavy atom. The smallest absolute Gasteiger partial charge is 0.0775 e. The summed E-state index contributed by atoms with van der Waals surface area (Å²) in [6.07, 6.45) is 0. The molecule has 0 saturated heterocycles. The van der Waals surface area contributed by atoms with Crippen LogP contribution in [-0.4, -0.2) is 8.07 Å². The average molecular weight is 656 g/mol. The van der Waals surface area contributed by atoms with E-state index in [4.69, 9.17) is 0 Å². The first kappa shape index (κ1) is 29.2. The fourth-order valence-electron chi connectivity index (χ4n) is 8.92. The van der Waals surface area contributed by atoms with Crippen molar-refractivity contribution in [2.45, 2.75) is 25.1 Å². The van der Waals surface area contributed by atoms with Gasteiger partial charge in [-0.2, -0.15) is 0 Å². The third-order valence-electron chi connectivity index (χ3n) is 11.2. The first-order valence-corrected chi connectivity index (χ1v) is 21.2. The molecule has 1 nitrogen and oxygen atoms in total. The van der Waals surface area contributed by atoms with Gasteiger partial charge >= 0.3 is 0 Å². The summed E-state index contributed by atoms with van der Waals surface area (Å²) in [5.41, 5.74) is 14.0. The molecule has 238 valence electrons. The highest BCUT2D eigenvalue weighted by Crippen LogP contribution is 2.64. The average Bonchev–Trinajstić information content (AvgIpc) is 3.61. The Labute approximate surface area is 295 Å². The van der Waals surface area contributed by atoms with Crippen LogP contribution in [0, 0.1) is 0 Å². The van der Waals surface area contributed by atoms with Gasteiger partial charge in [-0.25, -0.2) is 0 Å². The third-order valence-corrected chi connectivity index (χ3v) is 13.2. The fourth-order valence-corrected chi connectivity index (χ4v) is 10.1. The Kier molecular flexibility index (Phi) is 6.22. The highest BCUT2D eigenvalue weighted by atomic mass is 28.3. The van der Waals surface area contributed by atoms with E-state index in [0.717, 1.165) is 11.4 Å². The van der Waals surface area contributed by atoms with Crippen molar-refractivity contribution in [3.63, 3.8) is 0 Å². The van der Waals surface area contributed by atoms with Crippen LogP contribution in [0.25, 0.3) is 43.8 Å². The maximum Gasteiger partial charge on any atom is 0.0775 e. The van der Waals surface area contributed by atoms with Crippen LogP contribution in [0.15, 0.2) is 170 Å². The Hall–Kier alpha value is -5.70. The molecule has 0 aliphatic heterocycles. The highest BCUT2D eigenvalue weighted by Gasteiger charge is 2.52. The number of benzene rings is 8. The molecular weight excluding hydrogens is 619 g/mol. The molecule has 2 heteroatoms. The predicted molar refractivity (Wildman–Crippen MR) is 215 cm³/mol. The summed E-state index contributed by atoms with van der Waals surface area (Å²) in [6, 6.07) is 63.9. The summed E-state index contributed by atoms with van der Waals surface area (Å²) in [5, 5.41) is 6.59. The molecular formula is C48H37NSi. The summed E-state index contributed by atoms with van der Waals surface area (Å²) in [6.45, 7) is 7.23. The van der Waals surface area contributed by atoms with Crippen LogP contribution in [-0.2, 0) is 5.41 Å². The van der Waals surface area contributed by atoms with E-state index in [0.29, 0.717) is 0 Å². The van der Waals surface area contributed by atoms with Gasteiger partial charge < -0.3 is 4.90 Å². The molecule has 0 radical (unpaired) electrons. The molecule has 0 fully saturated rings. The fraction of sp³-hybridized carbons (Fsp3) is 0.0833. The maximum atomic E-state index is 2.51. The molecule has 0 bridgehead atoms. The molecule has 0 saturated carbocycles. The molecule has 10 rings (SSSR count). The predicted octanol–water partition coefficient (Wildman–Crippen LogP) is 12.4. The minimum atomic E-state index is -1.43. The molecule has 0 aromatic heterocycles. The van der Waals surface area contributed by atoms with Gasteiger partial charge in [0.25, 0.3) is 0 Å². The van der Waals surface area contributed by atoms with Crippen molar-refractivity contribution < 1.29 is 0 Å². The summed E-state index contributed by atoms with van der Waals surface area (Å²) in [4.78, 5) is 2.40. The van der Waals surface area contributed by atoms with Crippen molar-refractivity contribution in [3.05, 3.63) is 192 Å². The number of hydrogen-bond donors (Lipinski definition) is 0. The maximum absolute atomic E-state index is 2.51. The molecule has 0 atom stereocenters. The van der Waals surface area contributed by atoms with Crippen molar-refractivity contribution in [2.75, 3.05) is 4.90 Å². The lowest BCUT2D eigenvalue weighted by molar-refractivity contribution is 0.802. The molecule has 8 aromatic rings. The van der Waals surface area contributed by atoms with Gasteiger partial charge in [-0.3, -0.25) is 0 Å². The van der Waals surface area contributed by atoms with E-state index in [-0.39, 0.29) is 0 Å². The summed E-state index contributed by atoms with van der Waals surface area (Å²) >= 11 is 0. The minimum Gasteiger partial charge on any atom is -0.310 e. The van der Waals surface area contributed by atoms with E-state index in [2.05, 4.69) is 194 Å². The van der Waals surface area contributed by atoms with Crippen LogP contribution in [0.4, 0.5) is 17.1 Å². The Bertz CT molecular complexity index is 2580. The lowest BCUT2D eigenvalue weighted by Gasteiger charge is -2.31. The monoisotopic (exact) mass is 655 g/mol. The second kappa shape index (κ2) is 10.6. The molecule has 2 aliphatic carbocycles. The number of hydrogen-bond acceptors (Lipinski definition) is 1. The van der Waals surface area contributed by atoms with E-state index >= 15 is 0 Å². The SMILES string of the molecule is C[Si](C)(C)c1ccc(N(c2ccccc2)c2ccc3cc4c(cc3c2)C2(c3ccccc3-c3ccccc32)c2c-4ccc3ccccc23)cc1. The molecule has 0 heterocycles. The van der Waals surface area contributed by atoms with Crippen molar-refractivity contribution >= 4 is 51.9 Å². The molecule has 1 spiro atoms. The molecule has 0 N–H and O–H groups in total. The zero-order valence-electron chi connectivity index (χ0n) is 28.6. The Morgan fingerprint density at radius 1 is 0.400 bits per heavy atom. The number of fused-ring (bicyclic) bond motifs is 13. The van der Waals surface area contributed by atoms with Gasteiger partial charge in [0.15, 0.2) is 0 Å². The third kappa shape index (κ3) is 4.06. The van der Waals surface area contributed by atoms with Crippen LogP contribution < -0.4 is 10.1 Å². The van der Waals surface area contributed by atoms with Gasteiger partial charge in [0.05, 0.1) is 13.5 Å². The molecule has 0 unspecified atom stereocenters. The van der Waals surface area contributed by atoms with Gasteiger partial charge in [0, 0.05) is 17.1 Å². The van der Waals surface area contributed by atoms with Crippen LogP contribution in [0.1, 0.15) is 22.3 Å². The number of para-hydroxylation sites is 1. The van der Waals surface area contributed by atoms with Crippen LogP contribution >= 0.6 is 0 Å². The van der Waals surface area contributed by atoms with E-state index in [1.54, 1.807) is 0 Å². The number of anilines is 3. The number of rotatable bonds is 4. The summed E-state index contributed by atoms with van der Waals surface area (Å²) < 4.78 is 0. The molecule has 2 aliphatic rings. The van der Waals surface area contributed by atoms with Crippen LogP contribution in [0.5, 0.6) is 0 Å². The molecule has 8 aromatic carbocycles. The summed E-state index contributed by atoms with van der Waals surface area (Å²) in [7, 11) is -1.43. The number of nitrogens with zero attached hydrogens (tertiary/aromatic N) is 1. The van der Waals surface area contributed by atoms with Gasteiger partial charge in [-0.15, -0.1) is 0 Å². The van der Waals surface area contributed by atoms with Crippen molar-refractivity contribution in [2.24, 2.45) is 0 Å². The van der Waals surface area contributed by atoms with Gasteiger partial charge in [0.2, 0.25) is 0 Å². The van der Waals surface area contributed by atoms with Crippen LogP contribution in [0.2, 0.25) is 19.6 Å². The van der Waals surface area contributed by atoms with Gasteiger partial charge in [-0.05, 0) is 115 Å². The van der Waals surface area contributed by atoms with Crippen molar-refractivity contribution in [1.82, 2.24) is 0 Å². The normalized spacial score (nSPS) is 13.7. The minimum absolute atomic E-state index is 0.408. The largest absolute Gasteiger partial charge is 0.310 e. The zero-order valence-corrected chi connectivity index (χ0v) is 29.6.